The lowest BCUT2D eigenvalue weighted by atomic mass is 9.53. The van der Waals surface area contributed by atoms with E-state index >= 15 is 0 Å². The van der Waals surface area contributed by atoms with Crippen LogP contribution in [-0.2, 0) is 14.3 Å². The van der Waals surface area contributed by atoms with Gasteiger partial charge >= 0.3 is 5.97 Å². The zero-order chi connectivity index (χ0) is 16.9. The smallest absolute Gasteiger partial charge is 0.315 e. The Morgan fingerprint density at radius 2 is 2.21 bits per heavy atom. The molecule has 5 heteroatoms. The number of aliphatic hydroxyl groups is 1. The van der Waals surface area contributed by atoms with Crippen LogP contribution in [0.1, 0.15) is 52.4 Å². The third kappa shape index (κ3) is 2.60. The van der Waals surface area contributed by atoms with Crippen molar-refractivity contribution in [3.8, 4) is 0 Å². The molecule has 0 unspecified atom stereocenters. The van der Waals surface area contributed by atoms with Gasteiger partial charge in [-0.2, -0.15) is 0 Å². The Morgan fingerprint density at radius 3 is 2.88 bits per heavy atom. The van der Waals surface area contributed by atoms with E-state index in [0.717, 1.165) is 32.4 Å². The molecule has 0 aromatic heterocycles. The van der Waals surface area contributed by atoms with Crippen LogP contribution in [0.25, 0.3) is 0 Å². The van der Waals surface area contributed by atoms with Crippen LogP contribution in [0.3, 0.4) is 0 Å². The Labute approximate surface area is 144 Å². The molecule has 2 saturated heterocycles. The van der Waals surface area contributed by atoms with Crippen molar-refractivity contribution in [2.75, 3.05) is 19.8 Å². The molecule has 2 saturated carbocycles. The molecular weight excluding hydrogens is 306 g/mol. The monoisotopic (exact) mass is 338 g/mol. The summed E-state index contributed by atoms with van der Waals surface area (Å²) in [6, 6.07) is 0.193. The van der Waals surface area contributed by atoms with Crippen LogP contribution in [0, 0.1) is 23.2 Å². The van der Waals surface area contributed by atoms with Crippen LogP contribution in [-0.4, -0.2) is 48.6 Å². The fourth-order valence-corrected chi connectivity index (χ4v) is 5.94. The number of hydrogen-bond acceptors (Lipinski definition) is 4. The second-order valence-electron chi connectivity index (χ2n) is 8.92. The zero-order valence-electron chi connectivity index (χ0n) is 15.0. The number of nitrogens with two attached hydrogens (primary N) is 1. The first-order valence-corrected chi connectivity index (χ1v) is 9.80. The second-order valence-corrected chi connectivity index (χ2v) is 8.92. The van der Waals surface area contributed by atoms with Gasteiger partial charge in [0, 0.05) is 5.92 Å². The molecule has 3 N–H and O–H groups in total. The molecule has 2 heterocycles. The highest BCUT2D eigenvalue weighted by Crippen LogP contribution is 2.62. The van der Waals surface area contributed by atoms with Crippen LogP contribution in [0.4, 0.5) is 0 Å². The summed E-state index contributed by atoms with van der Waals surface area (Å²) in [5, 5.41) is 11.5. The van der Waals surface area contributed by atoms with E-state index in [1.165, 1.54) is 19.3 Å². The van der Waals surface area contributed by atoms with E-state index < -0.39 is 0 Å². The molecule has 0 radical (unpaired) electrons. The number of hydrogen-bond donors (Lipinski definition) is 2. The van der Waals surface area contributed by atoms with Crippen molar-refractivity contribution in [3.05, 3.63) is 0 Å². The van der Waals surface area contributed by atoms with Gasteiger partial charge in [-0.25, -0.2) is 0 Å². The van der Waals surface area contributed by atoms with Gasteiger partial charge < -0.3 is 19.9 Å². The Balaban J connectivity index is 1.49. The second kappa shape index (κ2) is 5.96. The highest BCUT2D eigenvalue weighted by Gasteiger charge is 2.65. The third-order valence-electron chi connectivity index (χ3n) is 7.56. The van der Waals surface area contributed by atoms with Gasteiger partial charge in [-0.05, 0) is 49.9 Å². The van der Waals surface area contributed by atoms with Crippen molar-refractivity contribution < 1.29 is 24.7 Å². The predicted molar refractivity (Wildman–Crippen MR) is 88.2 cm³/mol. The summed E-state index contributed by atoms with van der Waals surface area (Å²) in [5.74, 6) is 0.888. The lowest BCUT2D eigenvalue weighted by molar-refractivity contribution is -0.695. The summed E-state index contributed by atoms with van der Waals surface area (Å²) in [4.78, 5) is 12.5. The molecule has 0 amide bonds. The van der Waals surface area contributed by atoms with Gasteiger partial charge in [0.15, 0.2) is 0 Å². The minimum atomic E-state index is -0.0159. The number of epoxide rings is 1. The van der Waals surface area contributed by atoms with Gasteiger partial charge in [0.1, 0.15) is 18.1 Å². The predicted octanol–water partition coefficient (Wildman–Crippen LogP) is 0.848. The van der Waals surface area contributed by atoms with Gasteiger partial charge in [0.25, 0.3) is 0 Å². The van der Waals surface area contributed by atoms with Crippen molar-refractivity contribution >= 4 is 5.97 Å². The number of aliphatic hydroxyl groups excluding tert-OH is 1. The zero-order valence-corrected chi connectivity index (χ0v) is 15.0. The molecule has 0 aromatic rings. The summed E-state index contributed by atoms with van der Waals surface area (Å²) in [6.07, 6.45) is 6.77. The summed E-state index contributed by atoms with van der Waals surface area (Å²) in [6.45, 7) is 6.30. The van der Waals surface area contributed by atoms with E-state index in [4.69, 9.17) is 9.47 Å². The maximum Gasteiger partial charge on any atom is 0.315 e. The summed E-state index contributed by atoms with van der Waals surface area (Å²) >= 11 is 0. The average molecular weight is 338 g/mol. The van der Waals surface area contributed by atoms with Gasteiger partial charge in [-0.3, -0.25) is 4.79 Å². The Hall–Kier alpha value is -0.650. The molecule has 24 heavy (non-hydrogen) atoms. The molecular formula is C19H32NO4+. The van der Waals surface area contributed by atoms with Crippen molar-refractivity contribution in [2.45, 2.75) is 70.1 Å². The van der Waals surface area contributed by atoms with Crippen LogP contribution >= 0.6 is 0 Å². The largest absolute Gasteiger partial charge is 0.462 e. The van der Waals surface area contributed by atoms with Crippen molar-refractivity contribution in [1.82, 2.24) is 0 Å². The van der Waals surface area contributed by atoms with Crippen molar-refractivity contribution in [2.24, 2.45) is 23.2 Å². The van der Waals surface area contributed by atoms with Crippen LogP contribution < -0.4 is 5.32 Å². The molecule has 7 atom stereocenters. The van der Waals surface area contributed by atoms with Gasteiger partial charge in [0.2, 0.25) is 0 Å². The van der Waals surface area contributed by atoms with Crippen molar-refractivity contribution in [1.29, 1.82) is 0 Å². The first kappa shape index (κ1) is 16.8. The highest BCUT2D eigenvalue weighted by molar-refractivity contribution is 5.75. The third-order valence-corrected chi connectivity index (χ3v) is 7.56. The highest BCUT2D eigenvalue weighted by atomic mass is 16.6. The normalized spacial score (nSPS) is 47.9. The lowest BCUT2D eigenvalue weighted by Crippen LogP contribution is -2.92. The maximum absolute atomic E-state index is 12.5. The Morgan fingerprint density at radius 1 is 1.42 bits per heavy atom. The van der Waals surface area contributed by atoms with E-state index in [-0.39, 0.29) is 41.7 Å². The number of carbonyl (C=O) groups excluding carboxylic acids is 1. The minimum absolute atomic E-state index is 0.0120. The molecule has 4 aliphatic rings. The summed E-state index contributed by atoms with van der Waals surface area (Å²) < 4.78 is 11.8. The van der Waals surface area contributed by atoms with Crippen LogP contribution in [0.2, 0.25) is 0 Å². The summed E-state index contributed by atoms with van der Waals surface area (Å²) in [7, 11) is 0. The number of esters is 1. The fourth-order valence-electron chi connectivity index (χ4n) is 5.94. The molecule has 5 nitrogen and oxygen atoms in total. The van der Waals surface area contributed by atoms with E-state index in [0.29, 0.717) is 11.8 Å². The van der Waals surface area contributed by atoms with E-state index in [1.807, 2.05) is 0 Å². The average Bonchev–Trinajstić information content (AvgIpc) is 3.25. The Bertz CT molecular complexity index is 502. The Kier molecular flexibility index (Phi) is 4.17. The van der Waals surface area contributed by atoms with Gasteiger partial charge in [0.05, 0.1) is 25.4 Å². The number of fused-ring (bicyclic) bond motifs is 3. The molecule has 4 rings (SSSR count). The number of carbonyl (C=O) groups is 1. The topological polar surface area (TPSA) is 75.7 Å². The van der Waals surface area contributed by atoms with E-state index in [1.54, 1.807) is 0 Å². The molecule has 0 aromatic carbocycles. The first-order valence-electron chi connectivity index (χ1n) is 9.80. The number of quaternary nitrogens is 1. The SMILES string of the molecule is CC[C@H](CO)[NH2+]C[C@H]1C(=O)O[C@@H]2C[C@@]3(C)CCC[C@]4(CO4)[C@@H]3C[C@@H]21. The molecule has 2 aliphatic heterocycles. The van der Waals surface area contributed by atoms with E-state index in [9.17, 15) is 9.90 Å². The molecule has 1 spiro atoms. The molecule has 2 aliphatic carbocycles. The van der Waals surface area contributed by atoms with Gasteiger partial charge in [-0.15, -0.1) is 0 Å². The standard InChI is InChI=1S/C19H31NO4/c1-3-12(10-21)20-9-14-13-7-16-18(2,8-15(13)24-17(14)22)5-4-6-19(16)11-23-19/h12-16,20-21H,3-11H2,1-2H3/p+1/t12-,13-,14-,15-,16-,18-,19+/m1/s1. The molecule has 136 valence electrons. The number of rotatable bonds is 5. The van der Waals surface area contributed by atoms with Crippen LogP contribution in [0.5, 0.6) is 0 Å². The molecule has 0 bridgehead atoms. The minimum Gasteiger partial charge on any atom is -0.462 e. The van der Waals surface area contributed by atoms with Crippen molar-refractivity contribution in [3.63, 3.8) is 0 Å². The quantitative estimate of drug-likeness (QED) is 0.576. The first-order chi connectivity index (χ1) is 11.5. The summed E-state index contributed by atoms with van der Waals surface area (Å²) in [5.41, 5.74) is 0.390. The van der Waals surface area contributed by atoms with E-state index in [2.05, 4.69) is 19.2 Å². The van der Waals surface area contributed by atoms with Gasteiger partial charge in [-0.1, -0.05) is 13.8 Å². The number of ether oxygens (including phenoxy) is 2. The fraction of sp³-hybridized carbons (Fsp3) is 0.947. The maximum atomic E-state index is 12.5. The van der Waals surface area contributed by atoms with Crippen LogP contribution in [0.15, 0.2) is 0 Å². The molecule has 4 fully saturated rings. The lowest BCUT2D eigenvalue weighted by Gasteiger charge is -2.51.